The van der Waals surface area contributed by atoms with E-state index in [1.165, 1.54) is 12.1 Å². The second-order valence-corrected chi connectivity index (χ2v) is 5.32. The Labute approximate surface area is 130 Å². The van der Waals surface area contributed by atoms with Gasteiger partial charge in [-0.2, -0.15) is 8.78 Å². The van der Waals surface area contributed by atoms with Gasteiger partial charge >= 0.3 is 6.61 Å². The van der Waals surface area contributed by atoms with Crippen LogP contribution in [-0.2, 0) is 6.42 Å². The zero-order valence-corrected chi connectivity index (χ0v) is 12.7. The van der Waals surface area contributed by atoms with E-state index in [1.54, 1.807) is 12.1 Å². The molecule has 0 radical (unpaired) electrons. The van der Waals surface area contributed by atoms with Crippen LogP contribution in [0.1, 0.15) is 17.2 Å². The zero-order chi connectivity index (χ0) is 15.2. The topological polar surface area (TPSA) is 47.3 Å². The van der Waals surface area contributed by atoms with Crippen molar-refractivity contribution in [2.45, 2.75) is 19.1 Å². The van der Waals surface area contributed by atoms with E-state index in [4.69, 9.17) is 5.84 Å². The molecule has 0 heterocycles. The van der Waals surface area contributed by atoms with Crippen molar-refractivity contribution in [1.29, 1.82) is 0 Å². The SMILES string of the molecule is NNC(Cc1ccccc1Br)c1ccc(OC(F)F)cc1. The number of benzene rings is 2. The van der Waals surface area contributed by atoms with Crippen LogP contribution in [-0.4, -0.2) is 6.61 Å². The van der Waals surface area contributed by atoms with E-state index in [-0.39, 0.29) is 11.8 Å². The maximum absolute atomic E-state index is 12.1. The average Bonchev–Trinajstić information content (AvgIpc) is 2.47. The van der Waals surface area contributed by atoms with Crippen molar-refractivity contribution in [2.75, 3.05) is 0 Å². The van der Waals surface area contributed by atoms with Gasteiger partial charge in [-0.25, -0.2) is 0 Å². The molecular formula is C15H15BrF2N2O. The van der Waals surface area contributed by atoms with Gasteiger partial charge < -0.3 is 4.74 Å². The first-order valence-electron chi connectivity index (χ1n) is 6.34. The van der Waals surface area contributed by atoms with Gasteiger partial charge in [-0.3, -0.25) is 11.3 Å². The van der Waals surface area contributed by atoms with E-state index in [1.807, 2.05) is 24.3 Å². The van der Waals surface area contributed by atoms with Crippen LogP contribution in [0.25, 0.3) is 0 Å². The van der Waals surface area contributed by atoms with Crippen LogP contribution >= 0.6 is 15.9 Å². The normalized spacial score (nSPS) is 12.4. The molecule has 1 atom stereocenters. The number of hydrogen-bond acceptors (Lipinski definition) is 3. The highest BCUT2D eigenvalue weighted by molar-refractivity contribution is 9.10. The van der Waals surface area contributed by atoms with Gasteiger partial charge in [0.2, 0.25) is 0 Å². The minimum absolute atomic E-state index is 0.121. The van der Waals surface area contributed by atoms with Crippen molar-refractivity contribution < 1.29 is 13.5 Å². The first kappa shape index (κ1) is 15.9. The molecule has 0 bridgehead atoms. The van der Waals surface area contributed by atoms with Gasteiger partial charge in [0.25, 0.3) is 0 Å². The summed E-state index contributed by atoms with van der Waals surface area (Å²) in [6.45, 7) is -2.82. The van der Waals surface area contributed by atoms with Crippen molar-refractivity contribution in [3.63, 3.8) is 0 Å². The second-order valence-electron chi connectivity index (χ2n) is 4.46. The Kier molecular flexibility index (Phi) is 5.67. The van der Waals surface area contributed by atoms with Crippen molar-refractivity contribution in [1.82, 2.24) is 5.43 Å². The largest absolute Gasteiger partial charge is 0.435 e. The third-order valence-electron chi connectivity index (χ3n) is 3.09. The van der Waals surface area contributed by atoms with E-state index in [2.05, 4.69) is 26.1 Å². The van der Waals surface area contributed by atoms with Crippen molar-refractivity contribution >= 4 is 15.9 Å². The lowest BCUT2D eigenvalue weighted by Crippen LogP contribution is -2.29. The highest BCUT2D eigenvalue weighted by Gasteiger charge is 2.13. The average molecular weight is 357 g/mol. The molecule has 6 heteroatoms. The number of nitrogens with two attached hydrogens (primary N) is 1. The van der Waals surface area contributed by atoms with Crippen LogP contribution in [0.3, 0.4) is 0 Å². The summed E-state index contributed by atoms with van der Waals surface area (Å²) in [6, 6.07) is 14.2. The Balaban J connectivity index is 2.12. The molecule has 2 aromatic rings. The molecule has 0 aliphatic heterocycles. The monoisotopic (exact) mass is 356 g/mol. The van der Waals surface area contributed by atoms with Crippen LogP contribution < -0.4 is 16.0 Å². The van der Waals surface area contributed by atoms with E-state index >= 15 is 0 Å². The maximum atomic E-state index is 12.1. The van der Waals surface area contributed by atoms with Crippen LogP contribution in [0.2, 0.25) is 0 Å². The molecule has 0 saturated heterocycles. The first-order valence-corrected chi connectivity index (χ1v) is 7.13. The van der Waals surface area contributed by atoms with Gasteiger partial charge in [-0.15, -0.1) is 0 Å². The first-order chi connectivity index (χ1) is 10.1. The Morgan fingerprint density at radius 3 is 2.33 bits per heavy atom. The molecule has 0 amide bonds. The third kappa shape index (κ3) is 4.49. The molecule has 0 aromatic heterocycles. The number of rotatable bonds is 6. The number of hydrazine groups is 1. The van der Waals surface area contributed by atoms with E-state index in [0.717, 1.165) is 15.6 Å². The van der Waals surface area contributed by atoms with Crippen molar-refractivity contribution in [2.24, 2.45) is 5.84 Å². The summed E-state index contributed by atoms with van der Waals surface area (Å²) < 4.78 is 29.6. The number of nitrogens with one attached hydrogen (secondary N) is 1. The van der Waals surface area contributed by atoms with Crippen LogP contribution in [0.4, 0.5) is 8.78 Å². The van der Waals surface area contributed by atoms with Gasteiger partial charge in [-0.05, 0) is 35.7 Å². The Bertz CT molecular complexity index is 578. The quantitative estimate of drug-likeness (QED) is 0.611. The maximum Gasteiger partial charge on any atom is 0.387 e. The standard InChI is InChI=1S/C15H15BrF2N2O/c16-13-4-2-1-3-11(13)9-14(20-19)10-5-7-12(8-6-10)21-15(17)18/h1-8,14-15,20H,9,19H2. The lowest BCUT2D eigenvalue weighted by molar-refractivity contribution is -0.0498. The van der Waals surface area contributed by atoms with Gasteiger partial charge in [0, 0.05) is 4.47 Å². The summed E-state index contributed by atoms with van der Waals surface area (Å²) in [5.41, 5.74) is 4.75. The number of ether oxygens (including phenoxy) is 1. The molecule has 0 saturated carbocycles. The van der Waals surface area contributed by atoms with Crippen LogP contribution in [0.15, 0.2) is 53.0 Å². The molecule has 0 spiro atoms. The molecule has 2 rings (SSSR count). The molecule has 2 aromatic carbocycles. The smallest absolute Gasteiger partial charge is 0.387 e. The summed E-state index contributed by atoms with van der Waals surface area (Å²) in [6.07, 6.45) is 0.674. The third-order valence-corrected chi connectivity index (χ3v) is 3.86. The molecule has 0 aliphatic rings. The summed E-state index contributed by atoms with van der Waals surface area (Å²) in [7, 11) is 0. The Morgan fingerprint density at radius 2 is 1.76 bits per heavy atom. The summed E-state index contributed by atoms with van der Waals surface area (Å²) in [5, 5.41) is 0. The van der Waals surface area contributed by atoms with Crippen LogP contribution in [0, 0.1) is 0 Å². The lowest BCUT2D eigenvalue weighted by Gasteiger charge is -2.17. The van der Waals surface area contributed by atoms with Gasteiger partial charge in [0.15, 0.2) is 0 Å². The van der Waals surface area contributed by atoms with E-state index in [0.29, 0.717) is 6.42 Å². The molecule has 3 nitrogen and oxygen atoms in total. The predicted molar refractivity (Wildman–Crippen MR) is 81.0 cm³/mol. The molecule has 21 heavy (non-hydrogen) atoms. The van der Waals surface area contributed by atoms with Crippen molar-refractivity contribution in [3.8, 4) is 5.75 Å². The second kappa shape index (κ2) is 7.49. The van der Waals surface area contributed by atoms with Gasteiger partial charge in [-0.1, -0.05) is 46.3 Å². The molecule has 0 aliphatic carbocycles. The zero-order valence-electron chi connectivity index (χ0n) is 11.1. The fourth-order valence-corrected chi connectivity index (χ4v) is 2.49. The fourth-order valence-electron chi connectivity index (χ4n) is 2.04. The number of hydrogen-bond donors (Lipinski definition) is 2. The number of halogens is 3. The van der Waals surface area contributed by atoms with Crippen molar-refractivity contribution in [3.05, 3.63) is 64.1 Å². The number of alkyl halides is 2. The predicted octanol–water partition coefficient (Wildman–Crippen LogP) is 3.80. The van der Waals surface area contributed by atoms with Crippen LogP contribution in [0.5, 0.6) is 5.75 Å². The summed E-state index contributed by atoms with van der Waals surface area (Å²) in [5.74, 6) is 5.73. The molecule has 1 unspecified atom stereocenters. The molecule has 3 N–H and O–H groups in total. The molecular weight excluding hydrogens is 342 g/mol. The highest BCUT2D eigenvalue weighted by atomic mass is 79.9. The molecule has 112 valence electrons. The minimum Gasteiger partial charge on any atom is -0.435 e. The van der Waals surface area contributed by atoms with E-state index in [9.17, 15) is 8.78 Å². The minimum atomic E-state index is -2.82. The molecule has 0 fully saturated rings. The summed E-state index contributed by atoms with van der Waals surface area (Å²) in [4.78, 5) is 0. The summed E-state index contributed by atoms with van der Waals surface area (Å²) >= 11 is 3.49. The Morgan fingerprint density at radius 1 is 1.10 bits per heavy atom. The Hall–Kier alpha value is -1.50. The van der Waals surface area contributed by atoms with Gasteiger partial charge in [0.05, 0.1) is 6.04 Å². The lowest BCUT2D eigenvalue weighted by atomic mass is 9.99. The highest BCUT2D eigenvalue weighted by Crippen LogP contribution is 2.25. The van der Waals surface area contributed by atoms with Gasteiger partial charge in [0.1, 0.15) is 5.75 Å². The fraction of sp³-hybridized carbons (Fsp3) is 0.200. The van der Waals surface area contributed by atoms with E-state index < -0.39 is 6.61 Å².